The van der Waals surface area contributed by atoms with Crippen LogP contribution in [0, 0.1) is 0 Å². The highest BCUT2D eigenvalue weighted by Gasteiger charge is 2.31. The normalized spacial score (nSPS) is 19.1. The fourth-order valence-electron chi connectivity index (χ4n) is 1.07. The van der Waals surface area contributed by atoms with E-state index in [0.717, 1.165) is 0 Å². The summed E-state index contributed by atoms with van der Waals surface area (Å²) in [6.45, 7) is 2.64. The van der Waals surface area contributed by atoms with Gasteiger partial charge in [0.15, 0.2) is 5.50 Å². The lowest BCUT2D eigenvalue weighted by Gasteiger charge is -2.27. The molecule has 0 saturated carbocycles. The Kier molecular flexibility index (Phi) is 4.19. The van der Waals surface area contributed by atoms with Crippen molar-refractivity contribution in [3.63, 3.8) is 0 Å². The van der Waals surface area contributed by atoms with Crippen LogP contribution >= 0.6 is 23.4 Å². The third kappa shape index (κ3) is 3.14. The van der Waals surface area contributed by atoms with Crippen molar-refractivity contribution in [2.75, 3.05) is 0 Å². The highest BCUT2D eigenvalue weighted by molar-refractivity contribution is 8.02. The molecule has 1 rings (SSSR count). The number of hydrogen-bond acceptors (Lipinski definition) is 5. The summed E-state index contributed by atoms with van der Waals surface area (Å²) in [7, 11) is 0. The number of rotatable bonds is 3. The van der Waals surface area contributed by atoms with Crippen LogP contribution in [0.5, 0.6) is 0 Å². The van der Waals surface area contributed by atoms with Gasteiger partial charge in [-0.1, -0.05) is 11.8 Å². The van der Waals surface area contributed by atoms with Crippen molar-refractivity contribution >= 4 is 40.4 Å². The molecular formula is C8H10ClN3O3S. The Balaban J connectivity index is 2.80. The van der Waals surface area contributed by atoms with Crippen molar-refractivity contribution in [1.82, 2.24) is 15.8 Å². The van der Waals surface area contributed by atoms with E-state index in [0.29, 0.717) is 0 Å². The minimum Gasteiger partial charge on any atom is -0.326 e. The maximum atomic E-state index is 11.0. The summed E-state index contributed by atoms with van der Waals surface area (Å²) >= 11 is 6.51. The van der Waals surface area contributed by atoms with Crippen LogP contribution in [-0.2, 0) is 14.4 Å². The van der Waals surface area contributed by atoms with Crippen molar-refractivity contribution in [1.29, 1.82) is 0 Å². The number of hydrogen-bond donors (Lipinski definition) is 2. The molecule has 0 spiro atoms. The topological polar surface area (TPSA) is 78.5 Å². The predicted molar refractivity (Wildman–Crippen MR) is 59.8 cm³/mol. The molecule has 16 heavy (non-hydrogen) atoms. The second-order valence-corrected chi connectivity index (χ2v) is 4.30. The molecule has 0 aromatic carbocycles. The Morgan fingerprint density at radius 1 is 1.38 bits per heavy atom. The second-order valence-electron chi connectivity index (χ2n) is 3.00. The quantitative estimate of drug-likeness (QED) is 0.707. The van der Waals surface area contributed by atoms with E-state index >= 15 is 0 Å². The third-order valence-corrected chi connectivity index (χ3v) is 2.75. The van der Waals surface area contributed by atoms with Crippen LogP contribution in [0.4, 0.5) is 0 Å². The molecule has 0 radical (unpaired) electrons. The fourth-order valence-corrected chi connectivity index (χ4v) is 2.29. The molecular weight excluding hydrogens is 254 g/mol. The number of carbonyl (C=O) groups excluding carboxylic acids is 3. The Morgan fingerprint density at radius 2 is 2.00 bits per heavy atom. The van der Waals surface area contributed by atoms with E-state index in [1.165, 1.54) is 36.0 Å². The Hall–Kier alpha value is -1.21. The van der Waals surface area contributed by atoms with Crippen molar-refractivity contribution in [3.8, 4) is 0 Å². The molecule has 6 nitrogen and oxygen atoms in total. The van der Waals surface area contributed by atoms with Gasteiger partial charge < -0.3 is 5.32 Å². The highest BCUT2D eigenvalue weighted by Crippen LogP contribution is 2.28. The van der Waals surface area contributed by atoms with Crippen LogP contribution in [0.15, 0.2) is 11.1 Å². The van der Waals surface area contributed by atoms with Crippen LogP contribution in [0.25, 0.3) is 0 Å². The molecule has 0 saturated heterocycles. The molecule has 2 N–H and O–H groups in total. The number of hydrazine groups is 1. The maximum absolute atomic E-state index is 11.0. The maximum Gasteiger partial charge on any atom is 0.271 e. The van der Waals surface area contributed by atoms with E-state index < -0.39 is 10.7 Å². The molecule has 88 valence electrons. The monoisotopic (exact) mass is 263 g/mol. The molecule has 0 aromatic rings. The van der Waals surface area contributed by atoms with Gasteiger partial charge in [-0.25, -0.2) is 5.01 Å². The number of halogens is 1. The third-order valence-electron chi connectivity index (χ3n) is 1.61. The van der Waals surface area contributed by atoms with Crippen molar-refractivity contribution in [3.05, 3.63) is 11.1 Å². The van der Waals surface area contributed by atoms with Crippen LogP contribution < -0.4 is 10.7 Å². The zero-order valence-corrected chi connectivity index (χ0v) is 10.2. The molecule has 1 aliphatic heterocycles. The molecule has 1 heterocycles. The van der Waals surface area contributed by atoms with Gasteiger partial charge in [-0.15, -0.1) is 0 Å². The summed E-state index contributed by atoms with van der Waals surface area (Å²) < 4.78 is 0. The van der Waals surface area contributed by atoms with Gasteiger partial charge in [-0.05, 0) is 11.6 Å². The van der Waals surface area contributed by atoms with E-state index in [1.54, 1.807) is 0 Å². The summed E-state index contributed by atoms with van der Waals surface area (Å²) in [5.41, 5.74) is 1.98. The fraction of sp³-hybridized carbons (Fsp3) is 0.375. The van der Waals surface area contributed by atoms with Crippen molar-refractivity contribution in [2.45, 2.75) is 19.3 Å². The molecule has 1 aliphatic rings. The number of nitrogens with zero attached hydrogens (tertiary/aromatic N) is 1. The van der Waals surface area contributed by atoms with Gasteiger partial charge in [0.2, 0.25) is 11.8 Å². The van der Waals surface area contributed by atoms with E-state index in [9.17, 15) is 14.4 Å². The smallest absolute Gasteiger partial charge is 0.271 e. The molecule has 1 unspecified atom stereocenters. The minimum absolute atomic E-state index is 0.126. The number of thioether (sulfide) groups is 1. The standard InChI is InChI=1S/C8H10ClN3O3S/c1-4(13)10-8-12(11-5(2)14)6(3-16-8)7(9)15/h3,8H,1-2H3,(H,10,13)(H,11,14). The lowest BCUT2D eigenvalue weighted by molar-refractivity contribution is -0.126. The van der Waals surface area contributed by atoms with E-state index in [1.807, 2.05) is 0 Å². The molecule has 8 heteroatoms. The van der Waals surface area contributed by atoms with Gasteiger partial charge in [0, 0.05) is 19.3 Å². The van der Waals surface area contributed by atoms with E-state index in [-0.39, 0.29) is 17.5 Å². The van der Waals surface area contributed by atoms with Gasteiger partial charge >= 0.3 is 0 Å². The van der Waals surface area contributed by atoms with Gasteiger partial charge in [0.1, 0.15) is 5.70 Å². The molecule has 0 aromatic heterocycles. The average molecular weight is 264 g/mol. The highest BCUT2D eigenvalue weighted by atomic mass is 35.5. The van der Waals surface area contributed by atoms with Crippen molar-refractivity contribution in [2.24, 2.45) is 0 Å². The summed E-state index contributed by atoms with van der Waals surface area (Å²) in [4.78, 5) is 32.9. The molecule has 2 amide bonds. The van der Waals surface area contributed by atoms with Gasteiger partial charge in [-0.3, -0.25) is 19.8 Å². The first-order valence-corrected chi connectivity index (χ1v) is 5.63. The molecule has 0 bridgehead atoms. The Morgan fingerprint density at radius 3 is 2.44 bits per heavy atom. The number of nitrogens with one attached hydrogen (secondary N) is 2. The van der Waals surface area contributed by atoms with Crippen LogP contribution in [-0.4, -0.2) is 27.6 Å². The molecule has 0 fully saturated rings. The lowest BCUT2D eigenvalue weighted by atomic mass is 10.5. The number of allylic oxidation sites excluding steroid dienone is 1. The van der Waals surface area contributed by atoms with E-state index in [2.05, 4.69) is 10.7 Å². The predicted octanol–water partition coefficient (Wildman–Crippen LogP) is 0.113. The first-order chi connectivity index (χ1) is 7.41. The summed E-state index contributed by atoms with van der Waals surface area (Å²) in [5.74, 6) is -0.633. The number of amides is 2. The van der Waals surface area contributed by atoms with Crippen LogP contribution in [0.1, 0.15) is 13.8 Å². The summed E-state index contributed by atoms with van der Waals surface area (Å²) in [5, 5.41) is 4.56. The molecule has 0 aliphatic carbocycles. The largest absolute Gasteiger partial charge is 0.326 e. The zero-order chi connectivity index (χ0) is 12.3. The Bertz CT molecular complexity index is 372. The first kappa shape index (κ1) is 12.9. The summed E-state index contributed by atoms with van der Waals surface area (Å²) in [6, 6.07) is 0. The van der Waals surface area contributed by atoms with Gasteiger partial charge in [-0.2, -0.15) is 0 Å². The van der Waals surface area contributed by atoms with Crippen LogP contribution in [0.2, 0.25) is 0 Å². The van der Waals surface area contributed by atoms with Crippen LogP contribution in [0.3, 0.4) is 0 Å². The zero-order valence-electron chi connectivity index (χ0n) is 8.61. The molecule has 1 atom stereocenters. The van der Waals surface area contributed by atoms with E-state index in [4.69, 9.17) is 11.6 Å². The average Bonchev–Trinajstić information content (AvgIpc) is 2.47. The summed E-state index contributed by atoms with van der Waals surface area (Å²) in [6.07, 6.45) is 0. The Labute approximate surface area is 101 Å². The first-order valence-electron chi connectivity index (χ1n) is 4.31. The minimum atomic E-state index is -0.700. The van der Waals surface area contributed by atoms with Gasteiger partial charge in [0.25, 0.3) is 5.24 Å². The van der Waals surface area contributed by atoms with Crippen molar-refractivity contribution < 1.29 is 14.4 Å². The lowest BCUT2D eigenvalue weighted by Crippen LogP contribution is -2.51. The number of carbonyl (C=O) groups is 3. The van der Waals surface area contributed by atoms with Gasteiger partial charge in [0.05, 0.1) is 0 Å². The second kappa shape index (κ2) is 5.22. The SMILES string of the molecule is CC(=O)NC1SC=C(C(=O)Cl)N1NC(C)=O.